The van der Waals surface area contributed by atoms with Gasteiger partial charge in [-0.3, -0.25) is 0 Å². The Morgan fingerprint density at radius 1 is 1.56 bits per heavy atom. The molecule has 2 aliphatic rings. The molecule has 1 fully saturated rings. The van der Waals surface area contributed by atoms with E-state index in [2.05, 4.69) is 12.3 Å². The first-order valence-corrected chi connectivity index (χ1v) is 5.45. The lowest BCUT2D eigenvalue weighted by Crippen LogP contribution is -2.09. The second kappa shape index (κ2) is 2.12. The molecule has 0 aromatic rings. The standard InChI is InChI=1S/C8H14S/c1-2-7-3-4-8-6-9(8)5-7/h6-8H,2-5H2,1H3. The molecule has 0 saturated carbocycles. The van der Waals surface area contributed by atoms with Gasteiger partial charge in [0.05, 0.1) is 0 Å². The van der Waals surface area contributed by atoms with Gasteiger partial charge in [-0.1, -0.05) is 13.3 Å². The van der Waals surface area contributed by atoms with E-state index in [9.17, 15) is 0 Å². The van der Waals surface area contributed by atoms with Gasteiger partial charge in [-0.05, 0) is 29.9 Å². The van der Waals surface area contributed by atoms with Crippen molar-refractivity contribution in [3.05, 3.63) is 0 Å². The van der Waals surface area contributed by atoms with E-state index >= 15 is 0 Å². The fourth-order valence-corrected chi connectivity index (χ4v) is 4.08. The van der Waals surface area contributed by atoms with Crippen LogP contribution in [0.15, 0.2) is 0 Å². The van der Waals surface area contributed by atoms with Crippen molar-refractivity contribution in [2.24, 2.45) is 5.92 Å². The van der Waals surface area contributed by atoms with E-state index in [0.29, 0.717) is 0 Å². The second-order valence-corrected chi connectivity index (χ2v) is 5.31. The van der Waals surface area contributed by atoms with Gasteiger partial charge in [0.25, 0.3) is 0 Å². The topological polar surface area (TPSA) is 0 Å². The van der Waals surface area contributed by atoms with Gasteiger partial charge < -0.3 is 0 Å². The minimum atomic E-state index is 0.822. The molecule has 0 radical (unpaired) electrons. The lowest BCUT2D eigenvalue weighted by molar-refractivity contribution is 0.503. The van der Waals surface area contributed by atoms with Gasteiger partial charge in [0, 0.05) is 5.25 Å². The fourth-order valence-electron chi connectivity index (χ4n) is 1.64. The van der Waals surface area contributed by atoms with Gasteiger partial charge in [0.2, 0.25) is 0 Å². The molecule has 3 atom stereocenters. The maximum atomic E-state index is 2.57. The quantitative estimate of drug-likeness (QED) is 0.493. The van der Waals surface area contributed by atoms with Crippen LogP contribution in [0.3, 0.4) is 0 Å². The Labute approximate surface area is 59.6 Å². The van der Waals surface area contributed by atoms with Crippen molar-refractivity contribution in [1.82, 2.24) is 0 Å². The zero-order valence-corrected chi connectivity index (χ0v) is 6.79. The van der Waals surface area contributed by atoms with E-state index in [4.69, 9.17) is 0 Å². The van der Waals surface area contributed by atoms with Gasteiger partial charge in [0.1, 0.15) is 0 Å². The molecule has 0 nitrogen and oxygen atoms in total. The molecule has 2 aliphatic heterocycles. The molecular weight excluding hydrogens is 128 g/mol. The highest BCUT2D eigenvalue weighted by atomic mass is 32.2. The largest absolute Gasteiger partial charge is 0.181 e. The minimum absolute atomic E-state index is 0.822. The van der Waals surface area contributed by atoms with E-state index < -0.39 is 0 Å². The Bertz CT molecular complexity index is 149. The summed E-state index contributed by atoms with van der Waals surface area (Å²) in [4.78, 5) is 0. The van der Waals surface area contributed by atoms with Crippen LogP contribution in [-0.2, 0) is 0 Å². The highest BCUT2D eigenvalue weighted by Crippen LogP contribution is 2.44. The van der Waals surface area contributed by atoms with E-state index in [0.717, 1.165) is 21.7 Å². The molecular formula is C8H14S. The van der Waals surface area contributed by atoms with Crippen LogP contribution in [0.2, 0.25) is 0 Å². The van der Waals surface area contributed by atoms with Crippen molar-refractivity contribution in [2.75, 3.05) is 5.75 Å². The molecule has 0 aromatic heterocycles. The molecule has 1 saturated heterocycles. The molecule has 9 heavy (non-hydrogen) atoms. The predicted molar refractivity (Wildman–Crippen MR) is 45.3 cm³/mol. The number of hydrogen-bond acceptors (Lipinski definition) is 0. The minimum Gasteiger partial charge on any atom is -0.181 e. The van der Waals surface area contributed by atoms with Crippen LogP contribution >= 0.6 is 10.5 Å². The smallest absolute Gasteiger partial charge is 0.0229 e. The van der Waals surface area contributed by atoms with Crippen LogP contribution in [0.5, 0.6) is 0 Å². The average Bonchev–Trinajstić information content (AvgIpc) is 2.64. The summed E-state index contributed by atoms with van der Waals surface area (Å²) >= 11 is 0. The van der Waals surface area contributed by atoms with E-state index in [1.54, 1.807) is 5.75 Å². The third-order valence-electron chi connectivity index (χ3n) is 2.50. The summed E-state index contributed by atoms with van der Waals surface area (Å²) < 4.78 is 0. The molecule has 2 heterocycles. The monoisotopic (exact) mass is 142 g/mol. The van der Waals surface area contributed by atoms with Gasteiger partial charge in [-0.25, -0.2) is 0 Å². The van der Waals surface area contributed by atoms with E-state index in [-0.39, 0.29) is 0 Å². The third kappa shape index (κ3) is 1.07. The van der Waals surface area contributed by atoms with Gasteiger partial charge in [-0.2, -0.15) is 10.5 Å². The summed E-state index contributed by atoms with van der Waals surface area (Å²) in [5.41, 5.74) is 0. The molecule has 0 amide bonds. The normalized spacial score (nSPS) is 47.4. The Morgan fingerprint density at radius 2 is 2.44 bits per heavy atom. The molecule has 0 N–H and O–H groups in total. The van der Waals surface area contributed by atoms with Crippen molar-refractivity contribution in [3.63, 3.8) is 0 Å². The van der Waals surface area contributed by atoms with Crippen molar-refractivity contribution in [1.29, 1.82) is 0 Å². The van der Waals surface area contributed by atoms with Crippen molar-refractivity contribution < 1.29 is 0 Å². The number of fused-ring (bicyclic) bond motifs is 1. The number of rotatable bonds is 1. The summed E-state index contributed by atoms with van der Waals surface area (Å²) in [6.45, 7) is 2.33. The van der Waals surface area contributed by atoms with Crippen molar-refractivity contribution in [2.45, 2.75) is 31.4 Å². The summed E-state index contributed by atoms with van der Waals surface area (Å²) in [5, 5.41) is 3.66. The Hall–Kier alpha value is 0.220. The van der Waals surface area contributed by atoms with Gasteiger partial charge in [0.15, 0.2) is 0 Å². The zero-order valence-electron chi connectivity index (χ0n) is 5.97. The summed E-state index contributed by atoms with van der Waals surface area (Å²) in [5.74, 6) is 2.63. The van der Waals surface area contributed by atoms with Crippen LogP contribution in [0.25, 0.3) is 0 Å². The highest BCUT2D eigenvalue weighted by molar-refractivity contribution is 8.23. The molecule has 0 aliphatic carbocycles. The maximum absolute atomic E-state index is 2.57. The molecule has 3 unspecified atom stereocenters. The maximum Gasteiger partial charge on any atom is 0.0229 e. The average molecular weight is 142 g/mol. The van der Waals surface area contributed by atoms with Crippen LogP contribution in [0.4, 0.5) is 0 Å². The van der Waals surface area contributed by atoms with Gasteiger partial charge >= 0.3 is 0 Å². The predicted octanol–water partition coefficient (Wildman–Crippen LogP) is 2.26. The van der Waals surface area contributed by atoms with E-state index in [1.165, 1.54) is 19.3 Å². The first-order valence-electron chi connectivity index (χ1n) is 3.93. The molecule has 52 valence electrons. The summed E-state index contributed by atoms with van der Waals surface area (Å²) in [6, 6.07) is 0. The molecule has 0 aromatic carbocycles. The van der Waals surface area contributed by atoms with Crippen molar-refractivity contribution in [3.8, 4) is 0 Å². The Morgan fingerprint density at radius 3 is 3.11 bits per heavy atom. The van der Waals surface area contributed by atoms with Crippen LogP contribution < -0.4 is 0 Å². The number of hydrogen-bond donors (Lipinski definition) is 0. The summed E-state index contributed by atoms with van der Waals surface area (Å²) in [6.07, 6.45) is 4.45. The molecule has 0 spiro atoms. The third-order valence-corrected chi connectivity index (χ3v) is 4.87. The lowest BCUT2D eigenvalue weighted by Gasteiger charge is -2.18. The summed E-state index contributed by atoms with van der Waals surface area (Å²) in [7, 11) is 0.822. The molecule has 1 heteroatoms. The Kier molecular flexibility index (Phi) is 1.40. The fraction of sp³-hybridized carbons (Fsp3) is 0.875. The van der Waals surface area contributed by atoms with Crippen LogP contribution in [-0.4, -0.2) is 16.4 Å². The molecule has 2 rings (SSSR count). The SMILES string of the molecule is CCC1CCC2C=S2C1. The van der Waals surface area contributed by atoms with Gasteiger partial charge in [-0.15, -0.1) is 0 Å². The van der Waals surface area contributed by atoms with Crippen LogP contribution in [0.1, 0.15) is 26.2 Å². The zero-order chi connectivity index (χ0) is 6.27. The second-order valence-electron chi connectivity index (χ2n) is 3.16. The first-order chi connectivity index (χ1) is 4.40. The Balaban J connectivity index is 1.92. The highest BCUT2D eigenvalue weighted by Gasteiger charge is 2.30. The van der Waals surface area contributed by atoms with Crippen LogP contribution in [0, 0.1) is 5.92 Å². The van der Waals surface area contributed by atoms with E-state index in [1.807, 2.05) is 0 Å². The first kappa shape index (κ1) is 5.96. The lowest BCUT2D eigenvalue weighted by atomic mass is 10.0. The van der Waals surface area contributed by atoms with Crippen molar-refractivity contribution >= 4 is 15.9 Å². The molecule has 0 bridgehead atoms.